The van der Waals surface area contributed by atoms with E-state index in [1.165, 1.54) is 26.4 Å². The Hall–Kier alpha value is -5.72. The summed E-state index contributed by atoms with van der Waals surface area (Å²) in [6.45, 7) is 6.84. The number of carboxylic acid groups (broad SMARTS) is 2. The van der Waals surface area contributed by atoms with Gasteiger partial charge in [0, 0.05) is 12.6 Å². The summed E-state index contributed by atoms with van der Waals surface area (Å²) in [5, 5.41) is 36.8. The van der Waals surface area contributed by atoms with Gasteiger partial charge in [-0.15, -0.1) is 0 Å². The molecule has 356 valence electrons. The maximum Gasteiger partial charge on any atom is 0.326 e. The van der Waals surface area contributed by atoms with Crippen LogP contribution < -0.4 is 60.2 Å². The lowest BCUT2D eigenvalue weighted by Crippen LogP contribution is -2.60. The number of carbonyl (C=O) groups is 9. The van der Waals surface area contributed by atoms with Crippen LogP contribution in [0, 0.1) is 5.92 Å². The molecule has 0 bridgehead atoms. The molecule has 1 heterocycles. The second kappa shape index (κ2) is 29.6. The lowest BCUT2D eigenvalue weighted by molar-refractivity contribution is -0.143. The molecule has 7 amide bonds. The largest absolute Gasteiger partial charge is 0.481 e. The first-order chi connectivity index (χ1) is 29.7. The molecule has 0 aliphatic heterocycles. The number of unbranched alkanes of at least 4 members (excludes halogenated alkanes) is 3. The van der Waals surface area contributed by atoms with Crippen LogP contribution in [0.1, 0.15) is 97.6 Å². The zero-order valence-electron chi connectivity index (χ0n) is 36.6. The van der Waals surface area contributed by atoms with Crippen molar-refractivity contribution >= 4 is 53.3 Å². The van der Waals surface area contributed by atoms with Crippen LogP contribution in [0.5, 0.6) is 0 Å². The van der Waals surface area contributed by atoms with Crippen LogP contribution in [0.15, 0.2) is 12.5 Å². The van der Waals surface area contributed by atoms with Gasteiger partial charge >= 0.3 is 11.9 Å². The van der Waals surface area contributed by atoms with Gasteiger partial charge in [-0.25, -0.2) is 9.78 Å². The van der Waals surface area contributed by atoms with E-state index in [0.717, 1.165) is 0 Å². The fourth-order valence-electron chi connectivity index (χ4n) is 6.05. The predicted molar refractivity (Wildman–Crippen MR) is 229 cm³/mol. The Labute approximate surface area is 366 Å². The van der Waals surface area contributed by atoms with Gasteiger partial charge in [0.1, 0.15) is 42.3 Å². The average Bonchev–Trinajstić information content (AvgIpc) is 3.73. The second-order valence-electron chi connectivity index (χ2n) is 15.6. The van der Waals surface area contributed by atoms with Crippen LogP contribution in [-0.4, -0.2) is 141 Å². The summed E-state index contributed by atoms with van der Waals surface area (Å²) in [4.78, 5) is 124. The number of imidazole rings is 1. The van der Waals surface area contributed by atoms with Gasteiger partial charge in [0.25, 0.3) is 0 Å². The first-order valence-corrected chi connectivity index (χ1v) is 21.2. The van der Waals surface area contributed by atoms with E-state index in [9.17, 15) is 53.4 Å². The number of nitrogens with two attached hydrogens (primary N) is 4. The molecule has 0 fully saturated rings. The van der Waals surface area contributed by atoms with Gasteiger partial charge in [0.05, 0.1) is 24.5 Å². The number of carbonyl (C=O) groups excluding carboxylic acids is 7. The standard InChI is InChI=1S/C39H69N13O11/c1-21(2)31(52-33(56)23(4)46-34(57)25(11-5-8-14-40)48-35(58)26(12-6-9-15-41)47-32(55)22(3)43)38(61)50-28(18-30(53)54)37(60)49-27(13-7-10-16-42)36(59)51-29(39(62)63)17-24-19-44-20-45-24/h19-23,25-29,31H,5-18,40-43H2,1-4H3,(H,44,45)(H,46,57)(H,47,55)(H,48,58)(H,49,60)(H,50,61)(H,51,59)(H,52,56)(H,53,54)(H,62,63)/t22-,23-,25-,26-,27-,28-,29-,31-/m0/s1. The smallest absolute Gasteiger partial charge is 0.326 e. The Morgan fingerprint density at radius 2 is 1.00 bits per heavy atom. The third-order valence-corrected chi connectivity index (χ3v) is 9.75. The highest BCUT2D eigenvalue weighted by atomic mass is 16.4. The summed E-state index contributed by atoms with van der Waals surface area (Å²) in [6.07, 6.45) is 4.78. The second-order valence-corrected chi connectivity index (χ2v) is 15.6. The summed E-state index contributed by atoms with van der Waals surface area (Å²) < 4.78 is 0. The van der Waals surface area contributed by atoms with E-state index < -0.39 is 114 Å². The van der Waals surface area contributed by atoms with E-state index in [2.05, 4.69) is 47.2 Å². The van der Waals surface area contributed by atoms with Crippen LogP contribution in [0.25, 0.3) is 0 Å². The lowest BCUT2D eigenvalue weighted by Gasteiger charge is -2.28. The molecule has 1 aromatic rings. The van der Waals surface area contributed by atoms with Crippen molar-refractivity contribution in [2.24, 2.45) is 28.9 Å². The highest BCUT2D eigenvalue weighted by molar-refractivity contribution is 5.98. The van der Waals surface area contributed by atoms with Gasteiger partial charge in [0.2, 0.25) is 41.4 Å². The summed E-state index contributed by atoms with van der Waals surface area (Å²) in [5.74, 6) is -9.24. The van der Waals surface area contributed by atoms with Crippen molar-refractivity contribution in [3.05, 3.63) is 18.2 Å². The highest BCUT2D eigenvalue weighted by Crippen LogP contribution is 2.10. The van der Waals surface area contributed by atoms with Crippen LogP contribution in [0.3, 0.4) is 0 Å². The molecule has 63 heavy (non-hydrogen) atoms. The van der Waals surface area contributed by atoms with Crippen LogP contribution in [0.4, 0.5) is 0 Å². The van der Waals surface area contributed by atoms with Crippen LogP contribution >= 0.6 is 0 Å². The number of hydrogen-bond donors (Lipinski definition) is 14. The fourth-order valence-corrected chi connectivity index (χ4v) is 6.05. The topological polar surface area (TPSA) is 411 Å². The molecule has 1 aromatic heterocycles. The van der Waals surface area contributed by atoms with Crippen molar-refractivity contribution in [2.75, 3.05) is 19.6 Å². The molecule has 0 aromatic carbocycles. The number of nitrogens with one attached hydrogen (secondary N) is 8. The quantitative estimate of drug-likeness (QED) is 0.0310. The van der Waals surface area contributed by atoms with Gasteiger partial charge in [-0.1, -0.05) is 13.8 Å². The van der Waals surface area contributed by atoms with Gasteiger partial charge in [-0.05, 0) is 97.2 Å². The number of amides is 7. The number of rotatable bonds is 32. The molecule has 0 aliphatic carbocycles. The number of aromatic amines is 1. The summed E-state index contributed by atoms with van der Waals surface area (Å²) >= 11 is 0. The van der Waals surface area contributed by atoms with Crippen LogP contribution in [0.2, 0.25) is 0 Å². The molecule has 0 saturated carbocycles. The van der Waals surface area contributed by atoms with E-state index in [1.54, 1.807) is 13.8 Å². The summed E-state index contributed by atoms with van der Waals surface area (Å²) in [5.41, 5.74) is 22.9. The van der Waals surface area contributed by atoms with Crippen molar-refractivity contribution in [1.29, 1.82) is 0 Å². The highest BCUT2D eigenvalue weighted by Gasteiger charge is 2.35. The molecule has 0 aliphatic rings. The van der Waals surface area contributed by atoms with Crippen molar-refractivity contribution in [3.63, 3.8) is 0 Å². The lowest BCUT2D eigenvalue weighted by atomic mass is 10.0. The Kier molecular flexibility index (Phi) is 25.9. The Balaban J connectivity index is 3.19. The molecule has 0 radical (unpaired) electrons. The number of carboxylic acids is 2. The SMILES string of the molecule is CC(C)[C@H](NC(=O)[C@H](C)NC(=O)[C@H](CCCCN)NC(=O)[C@H](CCCCN)NC(=O)[C@H](C)N)C(=O)N[C@@H](CC(=O)O)C(=O)N[C@@H](CCCCN)C(=O)N[C@@H](Cc1c[nH]cn1)C(=O)O. The Bertz CT molecular complexity index is 1640. The van der Waals surface area contributed by atoms with E-state index in [-0.39, 0.29) is 32.2 Å². The minimum atomic E-state index is -1.76. The van der Waals surface area contributed by atoms with Crippen molar-refractivity contribution < 1.29 is 53.4 Å². The van der Waals surface area contributed by atoms with E-state index in [4.69, 9.17) is 22.9 Å². The summed E-state index contributed by atoms with van der Waals surface area (Å²) in [6, 6.07) is -10.3. The van der Waals surface area contributed by atoms with E-state index >= 15 is 0 Å². The predicted octanol–water partition coefficient (Wildman–Crippen LogP) is -3.68. The number of aromatic nitrogens is 2. The Morgan fingerprint density at radius 1 is 0.571 bits per heavy atom. The minimum absolute atomic E-state index is 0.0113. The minimum Gasteiger partial charge on any atom is -0.481 e. The van der Waals surface area contributed by atoms with Gasteiger partial charge < -0.3 is 75.3 Å². The first kappa shape index (κ1) is 55.3. The molecule has 24 heteroatoms. The van der Waals surface area contributed by atoms with Gasteiger partial charge in [0.15, 0.2) is 0 Å². The molecule has 1 rings (SSSR count). The van der Waals surface area contributed by atoms with Crippen molar-refractivity contribution in [3.8, 4) is 0 Å². The number of aliphatic carboxylic acids is 2. The third-order valence-electron chi connectivity index (χ3n) is 9.75. The zero-order valence-corrected chi connectivity index (χ0v) is 36.6. The molecule has 0 saturated heterocycles. The average molecular weight is 896 g/mol. The number of hydrogen-bond acceptors (Lipinski definition) is 14. The van der Waals surface area contributed by atoms with Gasteiger partial charge in [-0.2, -0.15) is 0 Å². The normalized spacial score (nSPS) is 14.9. The number of nitrogens with zero attached hydrogens (tertiary/aromatic N) is 1. The third kappa shape index (κ3) is 21.3. The maximum absolute atomic E-state index is 13.7. The first-order valence-electron chi connectivity index (χ1n) is 21.2. The molecule has 0 spiro atoms. The molecule has 24 nitrogen and oxygen atoms in total. The fraction of sp³-hybridized carbons (Fsp3) is 0.692. The van der Waals surface area contributed by atoms with Crippen molar-refractivity contribution in [1.82, 2.24) is 47.2 Å². The molecule has 0 unspecified atom stereocenters. The van der Waals surface area contributed by atoms with E-state index in [1.807, 2.05) is 0 Å². The zero-order chi connectivity index (χ0) is 47.6. The summed E-state index contributed by atoms with van der Waals surface area (Å²) in [7, 11) is 0. The Morgan fingerprint density at radius 3 is 1.40 bits per heavy atom. The molecule has 8 atom stereocenters. The van der Waals surface area contributed by atoms with E-state index in [0.29, 0.717) is 57.3 Å². The maximum atomic E-state index is 13.7. The molecular weight excluding hydrogens is 827 g/mol. The van der Waals surface area contributed by atoms with Gasteiger partial charge in [-0.3, -0.25) is 38.4 Å². The number of H-pyrrole nitrogens is 1. The molecular formula is C39H69N13O11. The molecule has 18 N–H and O–H groups in total. The monoisotopic (exact) mass is 896 g/mol. The van der Waals surface area contributed by atoms with Crippen molar-refractivity contribution in [2.45, 2.75) is 147 Å². The van der Waals surface area contributed by atoms with Crippen LogP contribution in [-0.2, 0) is 49.6 Å².